The molecule has 5 bridgehead atoms. The van der Waals surface area contributed by atoms with Crippen molar-refractivity contribution in [1.82, 2.24) is 14.6 Å². The molecule has 2 saturated heterocycles. The number of aryl methyl sites for hydroxylation is 1. The molecular formula is C42H57N3O10S. The third-order valence-electron chi connectivity index (χ3n) is 12.7. The van der Waals surface area contributed by atoms with Gasteiger partial charge in [0.25, 0.3) is 0 Å². The van der Waals surface area contributed by atoms with Crippen LogP contribution < -0.4 is 18.9 Å². The Balaban J connectivity index is 1.25. The minimum Gasteiger partial charge on any atom is -0.496 e. The van der Waals surface area contributed by atoms with E-state index in [1.807, 2.05) is 12.1 Å². The highest BCUT2D eigenvalue weighted by atomic mass is 32.2. The standard InChI is InChI=1S/C42H57N3O10S/c1-26-11-9-10-12-27-17-32-33(20-36(27)52-2)43-38(53-3)21-37(32)55-30-19-34-35(46)23-42(41(49)44-56(50,51)31-15-16-31)22-29(42)14-8-6-4-5-7-13-28(18-39(47)54-25-26)40(48)45(34)24-30/h17,20-21,26,28-31,34H,4-16,18-19,22-25H2,1-3H3,(H,44,49)/t26-,28+,29-,30+,34-,42+/m0/s1. The average molecular weight is 796 g/mol. The van der Waals surface area contributed by atoms with Gasteiger partial charge in [0.15, 0.2) is 5.78 Å². The fourth-order valence-electron chi connectivity index (χ4n) is 9.14. The van der Waals surface area contributed by atoms with Crippen molar-refractivity contribution in [3.63, 3.8) is 0 Å². The predicted octanol–water partition coefficient (Wildman–Crippen LogP) is 5.83. The third-order valence-corrected chi connectivity index (χ3v) is 14.6. The Hall–Kier alpha value is -3.94. The Morgan fingerprint density at radius 1 is 0.946 bits per heavy atom. The van der Waals surface area contributed by atoms with Gasteiger partial charge in [-0.25, -0.2) is 13.4 Å². The minimum atomic E-state index is -3.82. The zero-order valence-corrected chi connectivity index (χ0v) is 33.8. The van der Waals surface area contributed by atoms with Gasteiger partial charge >= 0.3 is 5.97 Å². The number of cyclic esters (lactones) is 1. The number of benzene rings is 1. The number of nitrogens with zero attached hydrogens (tertiary/aromatic N) is 2. The van der Waals surface area contributed by atoms with E-state index in [1.165, 1.54) is 7.11 Å². The van der Waals surface area contributed by atoms with E-state index < -0.39 is 50.6 Å². The van der Waals surface area contributed by atoms with Gasteiger partial charge in [0.1, 0.15) is 17.6 Å². The number of rotatable bonds is 5. The molecule has 14 heteroatoms. The van der Waals surface area contributed by atoms with Crippen molar-refractivity contribution in [1.29, 1.82) is 0 Å². The van der Waals surface area contributed by atoms with E-state index in [9.17, 15) is 27.6 Å². The fraction of sp³-hybridized carbons (Fsp3) is 0.690. The first-order chi connectivity index (χ1) is 26.9. The zero-order chi connectivity index (χ0) is 39.6. The van der Waals surface area contributed by atoms with E-state index in [1.54, 1.807) is 18.1 Å². The number of fused-ring (bicyclic) bond motifs is 4. The summed E-state index contributed by atoms with van der Waals surface area (Å²) in [5.41, 5.74) is 0.457. The number of carbonyl (C=O) groups excluding carboxylic acids is 4. The smallest absolute Gasteiger partial charge is 0.306 e. The molecule has 0 unspecified atom stereocenters. The number of methoxy groups -OCH3 is 2. The predicted molar refractivity (Wildman–Crippen MR) is 208 cm³/mol. The number of ether oxygens (including phenoxy) is 4. The molecule has 306 valence electrons. The molecule has 1 aromatic heterocycles. The van der Waals surface area contributed by atoms with Gasteiger partial charge in [-0.15, -0.1) is 0 Å². The van der Waals surface area contributed by atoms with Crippen LogP contribution in [0.1, 0.15) is 115 Å². The van der Waals surface area contributed by atoms with Crippen molar-refractivity contribution >= 4 is 44.5 Å². The second kappa shape index (κ2) is 16.9. The van der Waals surface area contributed by atoms with E-state index in [4.69, 9.17) is 18.9 Å². The van der Waals surface area contributed by atoms with Gasteiger partial charge in [-0.3, -0.25) is 23.9 Å². The second-order valence-electron chi connectivity index (χ2n) is 17.0. The van der Waals surface area contributed by atoms with Crippen LogP contribution in [-0.2, 0) is 40.4 Å². The van der Waals surface area contributed by atoms with Gasteiger partial charge in [-0.05, 0) is 74.8 Å². The number of hydrogen-bond acceptors (Lipinski definition) is 11. The van der Waals surface area contributed by atoms with Gasteiger partial charge in [-0.2, -0.15) is 0 Å². The molecule has 2 aliphatic carbocycles. The van der Waals surface area contributed by atoms with Crippen LogP contribution in [0.2, 0.25) is 0 Å². The molecular weight excluding hydrogens is 739 g/mol. The molecule has 2 saturated carbocycles. The lowest BCUT2D eigenvalue weighted by Crippen LogP contribution is -2.46. The molecule has 2 aromatic rings. The lowest BCUT2D eigenvalue weighted by Gasteiger charge is -2.29. The first-order valence-electron chi connectivity index (χ1n) is 20.7. The summed E-state index contributed by atoms with van der Waals surface area (Å²) in [6.07, 6.45) is 9.73. The highest BCUT2D eigenvalue weighted by Gasteiger charge is 2.62. The number of esters is 1. The molecule has 7 rings (SSSR count). The van der Waals surface area contributed by atoms with Crippen molar-refractivity contribution < 1.29 is 46.5 Å². The van der Waals surface area contributed by atoms with Crippen LogP contribution in [0.15, 0.2) is 18.2 Å². The van der Waals surface area contributed by atoms with Crippen molar-refractivity contribution in [2.24, 2.45) is 23.2 Å². The summed E-state index contributed by atoms with van der Waals surface area (Å²) in [6, 6.07) is 4.69. The number of hydrogen-bond donors (Lipinski definition) is 1. The van der Waals surface area contributed by atoms with Gasteiger partial charge in [0, 0.05) is 36.3 Å². The summed E-state index contributed by atoms with van der Waals surface area (Å²) in [5.74, 6) is -0.792. The highest BCUT2D eigenvalue weighted by Crippen LogP contribution is 2.59. The number of ketones is 1. The fourth-order valence-corrected chi connectivity index (χ4v) is 10.5. The molecule has 0 spiro atoms. The summed E-state index contributed by atoms with van der Waals surface area (Å²) in [7, 11) is -0.667. The molecule has 0 radical (unpaired) electrons. The van der Waals surface area contributed by atoms with Crippen LogP contribution in [0, 0.1) is 23.2 Å². The molecule has 4 fully saturated rings. The molecule has 2 amide bonds. The molecule has 13 nitrogen and oxygen atoms in total. The molecule has 4 heterocycles. The Morgan fingerprint density at radius 3 is 2.45 bits per heavy atom. The van der Waals surface area contributed by atoms with E-state index in [0.29, 0.717) is 48.6 Å². The SMILES string of the molecule is COc1cc2c3cc(c(OC)cc3n1)CCCC[C@H](C)COC(=O)C[C@H]1CCCCCCC[C@H]3C[C@@]3(C(=O)NS(=O)(=O)C3CC3)CC(=O)[C@@H]3C[C@H](CN3C1=O)O2. The number of aromatic nitrogens is 1. The lowest BCUT2D eigenvalue weighted by atomic mass is 9.90. The first-order valence-corrected chi connectivity index (χ1v) is 22.2. The van der Waals surface area contributed by atoms with Crippen molar-refractivity contribution in [3.05, 3.63) is 23.8 Å². The Kier molecular flexibility index (Phi) is 12.1. The minimum absolute atomic E-state index is 0.0876. The van der Waals surface area contributed by atoms with Crippen LogP contribution in [-0.4, -0.2) is 86.6 Å². The van der Waals surface area contributed by atoms with E-state index in [2.05, 4.69) is 16.6 Å². The molecule has 6 atom stereocenters. The normalized spacial score (nSPS) is 29.8. The highest BCUT2D eigenvalue weighted by molar-refractivity contribution is 7.90. The van der Waals surface area contributed by atoms with Crippen LogP contribution >= 0.6 is 0 Å². The maximum absolute atomic E-state index is 14.7. The molecule has 5 aliphatic rings. The molecule has 1 aromatic carbocycles. The first kappa shape index (κ1) is 40.3. The maximum Gasteiger partial charge on any atom is 0.306 e. The van der Waals surface area contributed by atoms with Crippen LogP contribution in [0.3, 0.4) is 0 Å². The van der Waals surface area contributed by atoms with Gasteiger partial charge < -0.3 is 23.8 Å². The summed E-state index contributed by atoms with van der Waals surface area (Å²) in [4.78, 5) is 62.8. The maximum atomic E-state index is 14.7. The number of sulfonamides is 1. The quantitative estimate of drug-likeness (QED) is 0.362. The summed E-state index contributed by atoms with van der Waals surface area (Å²) in [6.45, 7) is 2.41. The number of amides is 2. The van der Waals surface area contributed by atoms with E-state index in [0.717, 1.165) is 75.2 Å². The number of Topliss-reactive ketones (excluding diaryl/α,β-unsaturated/α-hetero) is 1. The van der Waals surface area contributed by atoms with Crippen molar-refractivity contribution in [3.8, 4) is 17.4 Å². The summed E-state index contributed by atoms with van der Waals surface area (Å²) in [5, 5.41) is 0.175. The number of carbonyl (C=O) groups is 4. The lowest BCUT2D eigenvalue weighted by molar-refractivity contribution is -0.151. The monoisotopic (exact) mass is 795 g/mol. The Bertz CT molecular complexity index is 1930. The molecule has 1 N–H and O–H groups in total. The topological polar surface area (TPSA) is 167 Å². The summed E-state index contributed by atoms with van der Waals surface area (Å²) < 4.78 is 52.0. The van der Waals surface area contributed by atoms with Gasteiger partial charge in [-0.1, -0.05) is 45.4 Å². The van der Waals surface area contributed by atoms with E-state index >= 15 is 0 Å². The van der Waals surface area contributed by atoms with Crippen LogP contribution in [0.4, 0.5) is 0 Å². The molecule has 56 heavy (non-hydrogen) atoms. The summed E-state index contributed by atoms with van der Waals surface area (Å²) >= 11 is 0. The van der Waals surface area contributed by atoms with Gasteiger partial charge in [0.2, 0.25) is 27.7 Å². The average Bonchev–Trinajstić information content (AvgIpc) is 4.10. The van der Waals surface area contributed by atoms with E-state index in [-0.39, 0.29) is 55.9 Å². The number of pyridine rings is 1. The van der Waals surface area contributed by atoms with Crippen LogP contribution in [0.5, 0.6) is 17.4 Å². The van der Waals surface area contributed by atoms with Crippen LogP contribution in [0.25, 0.3) is 10.9 Å². The second-order valence-corrected chi connectivity index (χ2v) is 18.9. The van der Waals surface area contributed by atoms with Crippen molar-refractivity contribution in [2.45, 2.75) is 133 Å². The number of nitrogens with one attached hydrogen (secondary N) is 1. The van der Waals surface area contributed by atoms with Crippen molar-refractivity contribution in [2.75, 3.05) is 27.4 Å². The Morgan fingerprint density at radius 2 is 1.70 bits per heavy atom. The zero-order valence-electron chi connectivity index (χ0n) is 33.0. The van der Waals surface area contributed by atoms with Gasteiger partial charge in [0.05, 0.1) is 56.0 Å². The Labute approximate surface area is 330 Å². The molecule has 3 aliphatic heterocycles. The largest absolute Gasteiger partial charge is 0.496 e. The third kappa shape index (κ3) is 8.95.